The van der Waals surface area contributed by atoms with Crippen molar-refractivity contribution in [1.82, 2.24) is 0 Å². The molecule has 0 aromatic carbocycles. The number of ether oxygens (including phenoxy) is 3. The fourth-order valence-electron chi connectivity index (χ4n) is 10.7. The van der Waals surface area contributed by atoms with Crippen LogP contribution in [0.15, 0.2) is 60.8 Å². The second kappa shape index (κ2) is 69.6. The van der Waals surface area contributed by atoms with E-state index in [-0.39, 0.29) is 31.1 Å². The molecule has 81 heavy (non-hydrogen) atoms. The van der Waals surface area contributed by atoms with E-state index in [4.69, 9.17) is 14.2 Å². The highest BCUT2D eigenvalue weighted by atomic mass is 16.6. The Kier molecular flexibility index (Phi) is 67.1. The number of hydrogen-bond donors (Lipinski definition) is 0. The third-order valence-corrected chi connectivity index (χ3v) is 16.0. The molecule has 0 bridgehead atoms. The molecule has 0 aliphatic carbocycles. The van der Waals surface area contributed by atoms with Gasteiger partial charge in [0, 0.05) is 19.3 Å². The number of hydrogen-bond acceptors (Lipinski definition) is 6. The molecule has 0 amide bonds. The Hall–Kier alpha value is -2.89. The number of carbonyl (C=O) groups is 3. The number of carbonyl (C=O) groups excluding carboxylic acids is 3. The Morgan fingerprint density at radius 1 is 0.259 bits per heavy atom. The van der Waals surface area contributed by atoms with Crippen molar-refractivity contribution in [3.8, 4) is 0 Å². The number of esters is 3. The molecule has 0 aromatic rings. The highest BCUT2D eigenvalue weighted by Crippen LogP contribution is 2.18. The minimum Gasteiger partial charge on any atom is -0.462 e. The van der Waals surface area contributed by atoms with Crippen molar-refractivity contribution in [1.29, 1.82) is 0 Å². The molecule has 0 aromatic heterocycles. The van der Waals surface area contributed by atoms with Crippen LogP contribution in [-0.2, 0) is 28.6 Å². The van der Waals surface area contributed by atoms with Crippen LogP contribution in [0.25, 0.3) is 0 Å². The molecule has 0 saturated carbocycles. The maximum absolute atomic E-state index is 13.0. The van der Waals surface area contributed by atoms with E-state index in [1.54, 1.807) is 0 Å². The van der Waals surface area contributed by atoms with Gasteiger partial charge in [-0.05, 0) is 83.5 Å². The lowest BCUT2D eigenvalue weighted by atomic mass is 10.0. The normalized spacial score (nSPS) is 12.4. The van der Waals surface area contributed by atoms with E-state index in [1.807, 2.05) is 0 Å². The van der Waals surface area contributed by atoms with Gasteiger partial charge in [-0.15, -0.1) is 0 Å². The lowest BCUT2D eigenvalue weighted by Crippen LogP contribution is -2.30. The van der Waals surface area contributed by atoms with Crippen molar-refractivity contribution in [2.75, 3.05) is 13.2 Å². The minimum absolute atomic E-state index is 0.0712. The summed E-state index contributed by atoms with van der Waals surface area (Å²) in [7, 11) is 0. The number of rotatable bonds is 66. The highest BCUT2D eigenvalue weighted by Gasteiger charge is 2.19. The van der Waals surface area contributed by atoms with Crippen LogP contribution in [0.3, 0.4) is 0 Å². The fourth-order valence-corrected chi connectivity index (χ4v) is 10.7. The van der Waals surface area contributed by atoms with Crippen LogP contribution >= 0.6 is 0 Å². The van der Waals surface area contributed by atoms with E-state index in [2.05, 4.69) is 81.5 Å². The summed E-state index contributed by atoms with van der Waals surface area (Å²) in [5.41, 5.74) is 0. The Morgan fingerprint density at radius 3 is 0.765 bits per heavy atom. The van der Waals surface area contributed by atoms with E-state index < -0.39 is 6.10 Å². The average Bonchev–Trinajstić information content (AvgIpc) is 3.47. The van der Waals surface area contributed by atoms with Gasteiger partial charge in [0.15, 0.2) is 6.10 Å². The summed E-state index contributed by atoms with van der Waals surface area (Å²) in [6, 6.07) is 0. The average molecular weight is 1130 g/mol. The van der Waals surface area contributed by atoms with Gasteiger partial charge in [0.25, 0.3) is 0 Å². The van der Waals surface area contributed by atoms with Crippen LogP contribution in [-0.4, -0.2) is 37.2 Å². The zero-order valence-electron chi connectivity index (χ0n) is 54.3. The van der Waals surface area contributed by atoms with E-state index >= 15 is 0 Å². The Labute approximate surface area is 504 Å². The zero-order chi connectivity index (χ0) is 58.5. The summed E-state index contributed by atoms with van der Waals surface area (Å²) in [5.74, 6) is -0.852. The molecule has 0 aliphatic rings. The van der Waals surface area contributed by atoms with Gasteiger partial charge in [-0.2, -0.15) is 0 Å². The first kappa shape index (κ1) is 78.1. The lowest BCUT2D eigenvalue weighted by molar-refractivity contribution is -0.167. The summed E-state index contributed by atoms with van der Waals surface area (Å²) >= 11 is 0. The Morgan fingerprint density at radius 2 is 0.481 bits per heavy atom. The standard InChI is InChI=1S/C75H136O6/c1-4-7-10-13-16-19-22-25-28-31-33-34-35-36-37-38-39-40-41-42-43-45-47-50-53-56-59-62-65-68-74(77)80-71-72(70-79-73(76)67-64-61-58-55-52-49-46-30-27-24-21-18-15-12-9-6-3)81-75(78)69-66-63-60-57-54-51-48-44-32-29-26-23-20-17-14-11-8-5-2/h7,10,16,19,25,28,30,33-34,46,72H,4-6,8-9,11-15,17-18,20-24,26-27,29,31-32,35-45,47-71H2,1-3H3/b10-7-,19-16-,28-25-,34-33-,46-30-. The second-order valence-electron chi connectivity index (χ2n) is 24.1. The molecule has 0 fully saturated rings. The Bertz CT molecular complexity index is 1440. The molecule has 472 valence electrons. The van der Waals surface area contributed by atoms with Crippen LogP contribution in [0.5, 0.6) is 0 Å². The Balaban J connectivity index is 4.24. The summed E-state index contributed by atoms with van der Waals surface area (Å²) in [6.07, 6.45) is 89.6. The first-order valence-electron chi connectivity index (χ1n) is 35.8. The monoisotopic (exact) mass is 1130 g/mol. The van der Waals surface area contributed by atoms with E-state index in [1.165, 1.54) is 250 Å². The molecule has 0 radical (unpaired) electrons. The molecule has 6 heteroatoms. The van der Waals surface area contributed by atoms with Crippen LogP contribution in [0.1, 0.15) is 380 Å². The van der Waals surface area contributed by atoms with Gasteiger partial charge >= 0.3 is 17.9 Å². The first-order valence-corrected chi connectivity index (χ1v) is 35.8. The molecule has 1 atom stereocenters. The predicted molar refractivity (Wildman–Crippen MR) is 353 cm³/mol. The second-order valence-corrected chi connectivity index (χ2v) is 24.1. The van der Waals surface area contributed by atoms with Crippen LogP contribution in [0.2, 0.25) is 0 Å². The van der Waals surface area contributed by atoms with Gasteiger partial charge in [0.1, 0.15) is 13.2 Å². The van der Waals surface area contributed by atoms with Crippen LogP contribution in [0, 0.1) is 0 Å². The van der Waals surface area contributed by atoms with Crippen molar-refractivity contribution >= 4 is 17.9 Å². The van der Waals surface area contributed by atoms with E-state index in [9.17, 15) is 14.4 Å². The molecule has 0 heterocycles. The quantitative estimate of drug-likeness (QED) is 0.0261. The summed E-state index contributed by atoms with van der Waals surface area (Å²) < 4.78 is 17.0. The highest BCUT2D eigenvalue weighted by molar-refractivity contribution is 5.71. The van der Waals surface area contributed by atoms with Gasteiger partial charge in [0.05, 0.1) is 0 Å². The van der Waals surface area contributed by atoms with Gasteiger partial charge in [0.2, 0.25) is 0 Å². The molecule has 1 unspecified atom stereocenters. The van der Waals surface area contributed by atoms with E-state index in [0.29, 0.717) is 19.3 Å². The maximum atomic E-state index is 13.0. The molecule has 0 spiro atoms. The van der Waals surface area contributed by atoms with Crippen molar-refractivity contribution in [3.63, 3.8) is 0 Å². The fraction of sp³-hybridized carbons (Fsp3) is 0.827. The molecule has 0 saturated heterocycles. The summed E-state index contributed by atoms with van der Waals surface area (Å²) in [5, 5.41) is 0. The van der Waals surface area contributed by atoms with Gasteiger partial charge in [-0.3, -0.25) is 14.4 Å². The first-order chi connectivity index (χ1) is 40.0. The van der Waals surface area contributed by atoms with Crippen LogP contribution in [0.4, 0.5) is 0 Å². The topological polar surface area (TPSA) is 78.9 Å². The summed E-state index contributed by atoms with van der Waals surface area (Å²) in [6.45, 7) is 6.59. The molecule has 0 aliphatic heterocycles. The minimum atomic E-state index is -0.775. The van der Waals surface area contributed by atoms with Crippen molar-refractivity contribution < 1.29 is 28.6 Å². The number of unbranched alkanes of at least 4 members (excludes halogenated alkanes) is 45. The van der Waals surface area contributed by atoms with E-state index in [0.717, 1.165) is 89.9 Å². The third-order valence-electron chi connectivity index (χ3n) is 16.0. The zero-order valence-corrected chi connectivity index (χ0v) is 54.3. The van der Waals surface area contributed by atoms with Gasteiger partial charge in [-0.1, -0.05) is 338 Å². The maximum Gasteiger partial charge on any atom is 0.306 e. The molecule has 6 nitrogen and oxygen atoms in total. The molecular formula is C75H136O6. The van der Waals surface area contributed by atoms with Crippen molar-refractivity contribution in [3.05, 3.63) is 60.8 Å². The summed E-state index contributed by atoms with van der Waals surface area (Å²) in [4.78, 5) is 38.5. The molecule has 0 rings (SSSR count). The smallest absolute Gasteiger partial charge is 0.306 e. The SMILES string of the molecule is CC/C=C\C/C=C\C/C=C\C/C=C\CCCCCCCCCCCCCCCCCCC(=O)OCC(COC(=O)CCCCCCC/C=C\CCCCCCCCC)OC(=O)CCCCCCCCCCCCCCCCCCCC. The van der Waals surface area contributed by atoms with Gasteiger partial charge < -0.3 is 14.2 Å². The molecular weight excluding hydrogens is 997 g/mol. The van der Waals surface area contributed by atoms with Crippen molar-refractivity contribution in [2.45, 2.75) is 386 Å². The van der Waals surface area contributed by atoms with Crippen molar-refractivity contribution in [2.24, 2.45) is 0 Å². The lowest BCUT2D eigenvalue weighted by Gasteiger charge is -2.18. The largest absolute Gasteiger partial charge is 0.462 e. The third kappa shape index (κ3) is 67.8. The van der Waals surface area contributed by atoms with Gasteiger partial charge in [-0.25, -0.2) is 0 Å². The molecule has 0 N–H and O–H groups in total. The predicted octanol–water partition coefficient (Wildman–Crippen LogP) is 24.7. The number of allylic oxidation sites excluding steroid dienone is 10. The van der Waals surface area contributed by atoms with Crippen LogP contribution < -0.4 is 0 Å².